The van der Waals surface area contributed by atoms with Crippen LogP contribution in [0, 0.1) is 19.7 Å². The molecule has 134 valence electrons. The molecule has 0 radical (unpaired) electrons. The molecular formula is C20H20FN3O2. The monoisotopic (exact) mass is 353 g/mol. The summed E-state index contributed by atoms with van der Waals surface area (Å²) in [4.78, 5) is 12.2. The highest BCUT2D eigenvalue weighted by atomic mass is 19.1. The van der Waals surface area contributed by atoms with E-state index in [4.69, 9.17) is 4.52 Å². The van der Waals surface area contributed by atoms with Crippen LogP contribution in [-0.2, 0) is 13.1 Å². The molecule has 0 bridgehead atoms. The third kappa shape index (κ3) is 4.08. The zero-order valence-electron chi connectivity index (χ0n) is 14.7. The first-order valence-electron chi connectivity index (χ1n) is 8.32. The number of carbonyl (C=O) groups excluding carboxylic acids is 1. The van der Waals surface area contributed by atoms with Crippen LogP contribution in [0.2, 0.25) is 0 Å². The number of hydrogen-bond donors (Lipinski definition) is 2. The average molecular weight is 353 g/mol. The Hall–Kier alpha value is -3.15. The summed E-state index contributed by atoms with van der Waals surface area (Å²) in [7, 11) is 0. The second kappa shape index (κ2) is 7.82. The molecule has 1 amide bonds. The van der Waals surface area contributed by atoms with Crippen molar-refractivity contribution in [3.63, 3.8) is 0 Å². The van der Waals surface area contributed by atoms with Crippen molar-refractivity contribution in [2.75, 3.05) is 5.32 Å². The van der Waals surface area contributed by atoms with Gasteiger partial charge in [-0.05, 0) is 44.2 Å². The van der Waals surface area contributed by atoms with Gasteiger partial charge < -0.3 is 15.2 Å². The molecule has 0 aliphatic rings. The van der Waals surface area contributed by atoms with Crippen molar-refractivity contribution >= 4 is 11.6 Å². The van der Waals surface area contributed by atoms with Gasteiger partial charge in [-0.3, -0.25) is 4.79 Å². The number of hydrogen-bond acceptors (Lipinski definition) is 4. The largest absolute Gasteiger partial charge is 0.381 e. The Morgan fingerprint density at radius 2 is 1.81 bits per heavy atom. The highest BCUT2D eigenvalue weighted by molar-refractivity contribution is 5.94. The van der Waals surface area contributed by atoms with Gasteiger partial charge in [-0.15, -0.1) is 0 Å². The van der Waals surface area contributed by atoms with Crippen molar-refractivity contribution in [2.45, 2.75) is 26.9 Å². The van der Waals surface area contributed by atoms with E-state index in [1.54, 1.807) is 30.3 Å². The van der Waals surface area contributed by atoms with Crippen molar-refractivity contribution in [1.82, 2.24) is 10.5 Å². The van der Waals surface area contributed by atoms with Gasteiger partial charge >= 0.3 is 0 Å². The molecule has 0 saturated heterocycles. The highest BCUT2D eigenvalue weighted by Crippen LogP contribution is 2.16. The molecule has 0 aliphatic heterocycles. The van der Waals surface area contributed by atoms with Gasteiger partial charge in [-0.1, -0.05) is 23.4 Å². The van der Waals surface area contributed by atoms with Crippen molar-refractivity contribution < 1.29 is 13.7 Å². The maximum atomic E-state index is 13.6. The van der Waals surface area contributed by atoms with E-state index in [1.807, 2.05) is 26.0 Å². The number of carbonyl (C=O) groups is 1. The summed E-state index contributed by atoms with van der Waals surface area (Å²) < 4.78 is 18.7. The predicted molar refractivity (Wildman–Crippen MR) is 97.3 cm³/mol. The van der Waals surface area contributed by atoms with Crippen LogP contribution in [0.25, 0.3) is 0 Å². The fourth-order valence-corrected chi connectivity index (χ4v) is 2.60. The molecule has 6 heteroatoms. The van der Waals surface area contributed by atoms with Crippen LogP contribution < -0.4 is 10.6 Å². The third-order valence-electron chi connectivity index (χ3n) is 4.19. The number of halogens is 1. The van der Waals surface area contributed by atoms with Crippen LogP contribution in [0.1, 0.15) is 32.9 Å². The van der Waals surface area contributed by atoms with Crippen molar-refractivity contribution in [3.05, 3.63) is 82.5 Å². The van der Waals surface area contributed by atoms with Crippen LogP contribution in [-0.4, -0.2) is 11.1 Å². The van der Waals surface area contributed by atoms with Crippen LogP contribution in [0.4, 0.5) is 10.1 Å². The predicted octanol–water partition coefficient (Wildman–Crippen LogP) is 3.97. The number of rotatable bonds is 6. The summed E-state index contributed by atoms with van der Waals surface area (Å²) in [5, 5.41) is 9.93. The van der Waals surface area contributed by atoms with E-state index in [2.05, 4.69) is 15.8 Å². The Morgan fingerprint density at radius 1 is 1.08 bits per heavy atom. The van der Waals surface area contributed by atoms with Crippen molar-refractivity contribution in [1.29, 1.82) is 0 Å². The summed E-state index contributed by atoms with van der Waals surface area (Å²) in [6, 6.07) is 13.5. The zero-order chi connectivity index (χ0) is 18.5. The van der Waals surface area contributed by atoms with E-state index < -0.39 is 0 Å². The Balaban J connectivity index is 1.57. The molecule has 2 N–H and O–H groups in total. The molecule has 1 heterocycles. The molecule has 5 nitrogen and oxygen atoms in total. The first kappa shape index (κ1) is 17.7. The molecule has 0 atom stereocenters. The molecule has 3 aromatic rings. The highest BCUT2D eigenvalue weighted by Gasteiger charge is 2.09. The lowest BCUT2D eigenvalue weighted by Gasteiger charge is -2.09. The van der Waals surface area contributed by atoms with Gasteiger partial charge in [-0.2, -0.15) is 0 Å². The molecule has 0 saturated carbocycles. The van der Waals surface area contributed by atoms with Gasteiger partial charge in [0.25, 0.3) is 5.91 Å². The minimum Gasteiger partial charge on any atom is -0.381 e. The molecule has 1 aromatic heterocycles. The maximum absolute atomic E-state index is 13.6. The Labute approximate surface area is 151 Å². The normalized spacial score (nSPS) is 10.6. The number of amides is 1. The molecule has 3 rings (SSSR count). The molecule has 0 fully saturated rings. The van der Waals surface area contributed by atoms with Crippen LogP contribution in [0.15, 0.2) is 53.1 Å². The van der Waals surface area contributed by atoms with Gasteiger partial charge in [0, 0.05) is 35.5 Å². The van der Waals surface area contributed by atoms with E-state index in [0.29, 0.717) is 17.7 Å². The third-order valence-corrected chi connectivity index (χ3v) is 4.19. The second-order valence-corrected chi connectivity index (χ2v) is 6.01. The lowest BCUT2D eigenvalue weighted by atomic mass is 10.1. The smallest absolute Gasteiger partial charge is 0.251 e. The number of aromatic nitrogens is 1. The average Bonchev–Trinajstić information content (AvgIpc) is 2.97. The Bertz CT molecular complexity index is 884. The van der Waals surface area contributed by atoms with Gasteiger partial charge in [0.15, 0.2) is 0 Å². The van der Waals surface area contributed by atoms with Crippen molar-refractivity contribution in [3.8, 4) is 0 Å². The first-order chi connectivity index (χ1) is 12.5. The minimum atomic E-state index is -0.327. The van der Waals surface area contributed by atoms with E-state index >= 15 is 0 Å². The van der Waals surface area contributed by atoms with Crippen LogP contribution in [0.5, 0.6) is 0 Å². The number of nitrogens with zero attached hydrogens (tertiary/aromatic N) is 1. The van der Waals surface area contributed by atoms with Gasteiger partial charge in [0.05, 0.1) is 5.69 Å². The van der Waals surface area contributed by atoms with Gasteiger partial charge in [0.2, 0.25) is 0 Å². The molecule has 26 heavy (non-hydrogen) atoms. The van der Waals surface area contributed by atoms with Crippen LogP contribution in [0.3, 0.4) is 0 Å². The Morgan fingerprint density at radius 3 is 2.46 bits per heavy atom. The first-order valence-corrected chi connectivity index (χ1v) is 8.32. The summed E-state index contributed by atoms with van der Waals surface area (Å²) in [5.74, 6) is 0.219. The zero-order valence-corrected chi connectivity index (χ0v) is 14.7. The van der Waals surface area contributed by atoms with E-state index in [-0.39, 0.29) is 18.3 Å². The number of anilines is 1. The molecular weight excluding hydrogens is 333 g/mol. The maximum Gasteiger partial charge on any atom is 0.251 e. The molecule has 0 aliphatic carbocycles. The standard InChI is InChI=1S/C20H20FN3O2/c1-13-18(14(2)26-24-13)12-22-17-9-7-15(8-10-17)20(25)23-11-16-5-3-4-6-19(16)21/h3-10,22H,11-12H2,1-2H3,(H,23,25). The molecule has 0 spiro atoms. The van der Waals surface area contributed by atoms with Gasteiger partial charge in [0.1, 0.15) is 11.6 Å². The summed E-state index contributed by atoms with van der Waals surface area (Å²) in [5.41, 5.74) is 3.74. The minimum absolute atomic E-state index is 0.150. The lowest BCUT2D eigenvalue weighted by molar-refractivity contribution is 0.0950. The van der Waals surface area contributed by atoms with Gasteiger partial charge in [-0.25, -0.2) is 4.39 Å². The lowest BCUT2D eigenvalue weighted by Crippen LogP contribution is -2.23. The quantitative estimate of drug-likeness (QED) is 0.704. The van der Waals surface area contributed by atoms with E-state index in [1.165, 1.54) is 6.07 Å². The second-order valence-electron chi connectivity index (χ2n) is 6.01. The van der Waals surface area contributed by atoms with E-state index in [0.717, 1.165) is 22.7 Å². The topological polar surface area (TPSA) is 67.2 Å². The Kier molecular flexibility index (Phi) is 5.31. The molecule has 0 unspecified atom stereocenters. The fraction of sp³-hybridized carbons (Fsp3) is 0.200. The van der Waals surface area contributed by atoms with Crippen molar-refractivity contribution in [2.24, 2.45) is 0 Å². The number of benzene rings is 2. The van der Waals surface area contributed by atoms with E-state index in [9.17, 15) is 9.18 Å². The van der Waals surface area contributed by atoms with Crippen LogP contribution >= 0.6 is 0 Å². The summed E-state index contributed by atoms with van der Waals surface area (Å²) in [6.07, 6.45) is 0. The number of nitrogens with one attached hydrogen (secondary N) is 2. The molecule has 2 aromatic carbocycles. The number of aryl methyl sites for hydroxylation is 2. The SMILES string of the molecule is Cc1noc(C)c1CNc1ccc(C(=O)NCc2ccccc2F)cc1. The summed E-state index contributed by atoms with van der Waals surface area (Å²) >= 11 is 0. The summed E-state index contributed by atoms with van der Waals surface area (Å²) in [6.45, 7) is 4.52. The fourth-order valence-electron chi connectivity index (χ4n) is 2.60.